The van der Waals surface area contributed by atoms with Crippen LogP contribution in [-0.2, 0) is 9.53 Å². The lowest BCUT2D eigenvalue weighted by Gasteiger charge is -1.91. The Morgan fingerprint density at radius 3 is 2.09 bits per heavy atom. The minimum atomic E-state index is -0.719. The first kappa shape index (κ1) is 19.4. The minimum absolute atomic E-state index is 0.251. The fourth-order valence-electron chi connectivity index (χ4n) is 2.25. The summed E-state index contributed by atoms with van der Waals surface area (Å²) in [5.74, 6) is -0.719. The van der Waals surface area contributed by atoms with Gasteiger partial charge in [-0.2, -0.15) is 0 Å². The van der Waals surface area contributed by atoms with Gasteiger partial charge in [-0.05, 0) is 44.9 Å². The van der Waals surface area contributed by atoms with Crippen molar-refractivity contribution in [1.82, 2.24) is 0 Å². The van der Waals surface area contributed by atoms with Gasteiger partial charge in [0.1, 0.15) is 0 Å². The van der Waals surface area contributed by atoms with Gasteiger partial charge in [0.2, 0.25) is 0 Å². The third-order valence-electron chi connectivity index (χ3n) is 3.63. The van der Waals surface area contributed by atoms with E-state index in [9.17, 15) is 4.79 Å². The van der Waals surface area contributed by atoms with Gasteiger partial charge in [-0.25, -0.2) is 0 Å². The maximum atomic E-state index is 10.4. The van der Waals surface area contributed by atoms with Crippen LogP contribution in [0.1, 0.15) is 58.3 Å². The highest BCUT2D eigenvalue weighted by molar-refractivity contribution is 5.66. The highest BCUT2D eigenvalue weighted by Crippen LogP contribution is 2.29. The number of hydrogen-bond donors (Lipinski definition) is 1. The van der Waals surface area contributed by atoms with E-state index in [1.165, 1.54) is 0 Å². The molecule has 0 spiro atoms. The van der Waals surface area contributed by atoms with Crippen molar-refractivity contribution in [3.05, 3.63) is 48.6 Å². The zero-order valence-corrected chi connectivity index (χ0v) is 14.2. The Hall–Kier alpha value is -1.61. The Morgan fingerprint density at radius 1 is 0.913 bits per heavy atom. The van der Waals surface area contributed by atoms with E-state index < -0.39 is 5.97 Å². The van der Waals surface area contributed by atoms with Crippen LogP contribution in [0.2, 0.25) is 0 Å². The van der Waals surface area contributed by atoms with Gasteiger partial charge in [0.25, 0.3) is 0 Å². The summed E-state index contributed by atoms with van der Waals surface area (Å²) in [4.78, 5) is 10.4. The van der Waals surface area contributed by atoms with Crippen LogP contribution in [0.15, 0.2) is 48.6 Å². The van der Waals surface area contributed by atoms with Crippen LogP contribution >= 0.6 is 0 Å². The van der Waals surface area contributed by atoms with Crippen molar-refractivity contribution >= 4 is 5.97 Å². The van der Waals surface area contributed by atoms with Crippen molar-refractivity contribution < 1.29 is 14.6 Å². The highest BCUT2D eigenvalue weighted by Gasteiger charge is 2.35. The third-order valence-corrected chi connectivity index (χ3v) is 3.63. The van der Waals surface area contributed by atoms with Crippen LogP contribution in [0.3, 0.4) is 0 Å². The maximum absolute atomic E-state index is 10.4. The van der Waals surface area contributed by atoms with Crippen LogP contribution in [0.25, 0.3) is 0 Å². The largest absolute Gasteiger partial charge is 0.481 e. The van der Waals surface area contributed by atoms with Gasteiger partial charge < -0.3 is 9.84 Å². The van der Waals surface area contributed by atoms with Crippen molar-refractivity contribution in [3.63, 3.8) is 0 Å². The van der Waals surface area contributed by atoms with E-state index in [0.29, 0.717) is 18.6 Å². The second kappa shape index (κ2) is 12.9. The molecule has 2 unspecified atom stereocenters. The van der Waals surface area contributed by atoms with Gasteiger partial charge in [-0.1, -0.05) is 55.5 Å². The average molecular weight is 318 g/mol. The summed E-state index contributed by atoms with van der Waals surface area (Å²) in [5.41, 5.74) is 0. The molecule has 3 heteroatoms. The summed E-state index contributed by atoms with van der Waals surface area (Å²) in [6, 6.07) is 0. The van der Waals surface area contributed by atoms with E-state index in [1.54, 1.807) is 0 Å². The van der Waals surface area contributed by atoms with Gasteiger partial charge >= 0.3 is 5.97 Å². The zero-order valence-electron chi connectivity index (χ0n) is 14.2. The maximum Gasteiger partial charge on any atom is 0.303 e. The molecule has 0 amide bonds. The van der Waals surface area contributed by atoms with E-state index in [2.05, 4.69) is 55.5 Å². The monoisotopic (exact) mass is 318 g/mol. The van der Waals surface area contributed by atoms with E-state index in [4.69, 9.17) is 9.84 Å². The van der Waals surface area contributed by atoms with Crippen molar-refractivity contribution in [2.45, 2.75) is 70.5 Å². The molecule has 0 aromatic carbocycles. The Morgan fingerprint density at radius 2 is 1.48 bits per heavy atom. The van der Waals surface area contributed by atoms with E-state index >= 15 is 0 Å². The number of ether oxygens (including phenoxy) is 1. The Balaban J connectivity index is 1.96. The lowest BCUT2D eigenvalue weighted by atomic mass is 10.1. The molecule has 0 bridgehead atoms. The quantitative estimate of drug-likeness (QED) is 0.288. The molecule has 0 radical (unpaired) electrons. The molecule has 1 aliphatic rings. The van der Waals surface area contributed by atoms with Crippen LogP contribution in [0.4, 0.5) is 0 Å². The Bertz CT molecular complexity index is 432. The fraction of sp³-hybridized carbons (Fsp3) is 0.550. The lowest BCUT2D eigenvalue weighted by molar-refractivity contribution is -0.137. The molecule has 1 saturated heterocycles. The number of carboxylic acids is 1. The number of unbranched alkanes of at least 4 members (excludes halogenated alkanes) is 1. The van der Waals surface area contributed by atoms with Gasteiger partial charge in [0, 0.05) is 6.42 Å². The lowest BCUT2D eigenvalue weighted by Crippen LogP contribution is -1.93. The molecular weight excluding hydrogens is 288 g/mol. The van der Waals surface area contributed by atoms with Crippen LogP contribution in [0, 0.1) is 0 Å². The van der Waals surface area contributed by atoms with Gasteiger partial charge in [0.05, 0.1) is 12.2 Å². The molecule has 3 nitrogen and oxygen atoms in total. The first-order valence-electron chi connectivity index (χ1n) is 8.71. The topological polar surface area (TPSA) is 49.8 Å². The summed E-state index contributed by atoms with van der Waals surface area (Å²) in [6.45, 7) is 2.14. The molecule has 1 aliphatic heterocycles. The molecule has 0 aromatic heterocycles. The van der Waals surface area contributed by atoms with Gasteiger partial charge in [-0.3, -0.25) is 4.79 Å². The number of aliphatic carboxylic acids is 1. The molecule has 2 atom stereocenters. The number of rotatable bonds is 13. The first-order valence-corrected chi connectivity index (χ1v) is 8.71. The summed E-state index contributed by atoms with van der Waals surface area (Å²) >= 11 is 0. The second-order valence-electron chi connectivity index (χ2n) is 5.74. The van der Waals surface area contributed by atoms with E-state index in [1.807, 2.05) is 0 Å². The number of hydrogen-bond acceptors (Lipinski definition) is 2. The molecule has 1 fully saturated rings. The Kier molecular flexibility index (Phi) is 10.9. The number of carbonyl (C=O) groups is 1. The first-order chi connectivity index (χ1) is 11.2. The predicted octanol–water partition coefficient (Wildman–Crippen LogP) is 5.20. The molecule has 0 aromatic rings. The smallest absolute Gasteiger partial charge is 0.303 e. The third kappa shape index (κ3) is 11.6. The van der Waals surface area contributed by atoms with Crippen LogP contribution < -0.4 is 0 Å². The summed E-state index contributed by atoms with van der Waals surface area (Å²) < 4.78 is 5.61. The van der Waals surface area contributed by atoms with E-state index in [-0.39, 0.29) is 6.42 Å². The summed E-state index contributed by atoms with van der Waals surface area (Å²) in [7, 11) is 0. The molecule has 1 N–H and O–H groups in total. The van der Waals surface area contributed by atoms with Gasteiger partial charge in [0.15, 0.2) is 0 Å². The van der Waals surface area contributed by atoms with Gasteiger partial charge in [-0.15, -0.1) is 0 Å². The summed E-state index contributed by atoms with van der Waals surface area (Å²) in [6.07, 6.45) is 24.9. The minimum Gasteiger partial charge on any atom is -0.481 e. The molecule has 128 valence electrons. The van der Waals surface area contributed by atoms with Crippen molar-refractivity contribution in [2.24, 2.45) is 0 Å². The van der Waals surface area contributed by atoms with Crippen molar-refractivity contribution in [3.8, 4) is 0 Å². The number of carboxylic acid groups (broad SMARTS) is 1. The fourth-order valence-corrected chi connectivity index (χ4v) is 2.25. The van der Waals surface area contributed by atoms with Crippen LogP contribution in [0.5, 0.6) is 0 Å². The average Bonchev–Trinajstić information content (AvgIpc) is 3.27. The number of epoxide rings is 1. The summed E-state index contributed by atoms with van der Waals surface area (Å²) in [5, 5.41) is 8.53. The van der Waals surface area contributed by atoms with E-state index in [0.717, 1.165) is 38.5 Å². The molecule has 1 heterocycles. The van der Waals surface area contributed by atoms with Crippen LogP contribution in [-0.4, -0.2) is 23.3 Å². The Labute approximate surface area is 140 Å². The second-order valence-corrected chi connectivity index (χ2v) is 5.74. The SMILES string of the molecule is CCC=CCC=CCC=CCC1OC1CC=CCCCC(=O)O. The normalized spacial score (nSPS) is 21.3. The molecule has 1 rings (SSSR count). The van der Waals surface area contributed by atoms with Crippen molar-refractivity contribution in [1.29, 1.82) is 0 Å². The molecule has 0 saturated carbocycles. The van der Waals surface area contributed by atoms with Crippen molar-refractivity contribution in [2.75, 3.05) is 0 Å². The number of allylic oxidation sites excluding steroid dienone is 6. The molecule has 0 aliphatic carbocycles. The zero-order chi connectivity index (χ0) is 16.8. The predicted molar refractivity (Wildman–Crippen MR) is 95.5 cm³/mol. The standard InChI is InChI=1S/C20H30O3/c1-2-3-4-5-6-7-8-9-12-15-18-19(23-18)16-13-10-11-14-17-20(21)22/h3-4,6-7,9-10,12-13,18-19H,2,5,8,11,14-17H2,1H3,(H,21,22). The molecular formula is C20H30O3. The molecule has 23 heavy (non-hydrogen) atoms. The highest BCUT2D eigenvalue weighted by atomic mass is 16.6.